The smallest absolute Gasteiger partial charge is 0.266 e. The number of carbonyl (C=O) groups excluding carboxylic acids is 1. The Labute approximate surface area is 203 Å². The molecule has 0 unspecified atom stereocenters. The van der Waals surface area contributed by atoms with Crippen molar-refractivity contribution in [3.63, 3.8) is 0 Å². The van der Waals surface area contributed by atoms with Crippen LogP contribution in [0.1, 0.15) is 25.8 Å². The van der Waals surface area contributed by atoms with Gasteiger partial charge in [-0.3, -0.25) is 19.4 Å². The number of fused-ring (bicyclic) bond motifs is 1. The van der Waals surface area contributed by atoms with Crippen molar-refractivity contribution in [3.8, 4) is 0 Å². The lowest BCUT2D eigenvalue weighted by atomic mass is 10.0. The van der Waals surface area contributed by atoms with Crippen LogP contribution in [0.2, 0.25) is 0 Å². The third kappa shape index (κ3) is 4.59. The van der Waals surface area contributed by atoms with Crippen molar-refractivity contribution in [2.45, 2.75) is 26.8 Å². The molecule has 2 aliphatic rings. The molecule has 4 rings (SSSR count). The van der Waals surface area contributed by atoms with Gasteiger partial charge in [-0.05, 0) is 25.5 Å². The molecule has 2 fully saturated rings. The van der Waals surface area contributed by atoms with Gasteiger partial charge in [0.05, 0.1) is 28.3 Å². The van der Waals surface area contributed by atoms with E-state index in [1.807, 2.05) is 32.0 Å². The Balaban J connectivity index is 1.86. The van der Waals surface area contributed by atoms with Crippen LogP contribution >= 0.6 is 24.0 Å². The lowest BCUT2D eigenvalue weighted by Gasteiger charge is -2.37. The van der Waals surface area contributed by atoms with Crippen LogP contribution in [0.3, 0.4) is 0 Å². The molecule has 0 atom stereocenters. The lowest BCUT2D eigenvalue weighted by Crippen LogP contribution is -2.48. The number of amides is 1. The average molecular weight is 487 g/mol. The fourth-order valence-corrected chi connectivity index (χ4v) is 5.87. The van der Waals surface area contributed by atoms with Gasteiger partial charge in [-0.2, -0.15) is 0 Å². The normalized spacial score (nSPS) is 18.8. The van der Waals surface area contributed by atoms with Crippen molar-refractivity contribution in [1.29, 1.82) is 0 Å². The minimum absolute atomic E-state index is 0.0928. The first-order valence-corrected chi connectivity index (χ1v) is 12.7. The standard InChI is InChI=1S/C24H30N4O3S2/c1-3-9-28-23(31)20(33-24(28)32)16-18-21(26-12-10-25(11-13-26)14-15-29)17-7-5-6-8-19(17)27(4-2)22(18)30/h5-8,16,29H,3-4,9-15H2,1-2H3. The van der Waals surface area contributed by atoms with E-state index in [0.29, 0.717) is 34.4 Å². The van der Waals surface area contributed by atoms with Crippen molar-refractivity contribution in [2.24, 2.45) is 0 Å². The zero-order valence-corrected chi connectivity index (χ0v) is 20.8. The number of β-amino-alcohol motifs (C(OH)–C–C–N with tert-alkyl or cyclic N) is 1. The fraction of sp³-hybridized carbons (Fsp3) is 0.458. The summed E-state index contributed by atoms with van der Waals surface area (Å²) in [5.74, 6) is -0.124. The zero-order chi connectivity index (χ0) is 23.5. The number of thiocarbonyl (C=S) groups is 1. The average Bonchev–Trinajstić information content (AvgIpc) is 3.08. The molecule has 0 aliphatic carbocycles. The van der Waals surface area contributed by atoms with E-state index in [0.717, 1.165) is 49.2 Å². The first kappa shape index (κ1) is 23.9. The van der Waals surface area contributed by atoms with E-state index in [-0.39, 0.29) is 18.1 Å². The number of rotatable bonds is 7. The third-order valence-corrected chi connectivity index (χ3v) is 7.58. The fourth-order valence-electron chi connectivity index (χ4n) is 4.58. The number of hydrogen-bond acceptors (Lipinski definition) is 7. The summed E-state index contributed by atoms with van der Waals surface area (Å²) >= 11 is 6.71. The number of aryl methyl sites for hydroxylation is 1. The number of anilines is 1. The minimum atomic E-state index is -0.124. The Kier molecular flexibility index (Phi) is 7.53. The van der Waals surface area contributed by atoms with E-state index < -0.39 is 0 Å². The predicted octanol–water partition coefficient (Wildman–Crippen LogP) is 2.75. The van der Waals surface area contributed by atoms with Gasteiger partial charge in [0.25, 0.3) is 11.5 Å². The first-order chi connectivity index (χ1) is 16.0. The van der Waals surface area contributed by atoms with E-state index in [4.69, 9.17) is 12.2 Å². The van der Waals surface area contributed by atoms with Crippen LogP contribution < -0.4 is 10.5 Å². The van der Waals surface area contributed by atoms with Gasteiger partial charge < -0.3 is 14.6 Å². The summed E-state index contributed by atoms with van der Waals surface area (Å²) < 4.78 is 2.32. The second-order valence-electron chi connectivity index (χ2n) is 8.21. The van der Waals surface area contributed by atoms with E-state index in [9.17, 15) is 14.7 Å². The summed E-state index contributed by atoms with van der Waals surface area (Å²) in [5, 5.41) is 10.3. The van der Waals surface area contributed by atoms with E-state index in [1.54, 1.807) is 15.5 Å². The highest BCUT2D eigenvalue weighted by atomic mass is 32.2. The molecule has 7 nitrogen and oxygen atoms in total. The van der Waals surface area contributed by atoms with Crippen molar-refractivity contribution >= 4 is 56.9 Å². The number of carbonyl (C=O) groups is 1. The molecule has 0 bridgehead atoms. The Bertz CT molecular complexity index is 1150. The Morgan fingerprint density at radius 2 is 1.82 bits per heavy atom. The molecule has 0 radical (unpaired) electrons. The maximum absolute atomic E-state index is 13.7. The molecule has 33 heavy (non-hydrogen) atoms. The number of para-hydroxylation sites is 1. The van der Waals surface area contributed by atoms with Crippen LogP contribution in [0.4, 0.5) is 5.69 Å². The Morgan fingerprint density at radius 3 is 2.48 bits per heavy atom. The van der Waals surface area contributed by atoms with E-state index >= 15 is 0 Å². The SMILES string of the molecule is CCCN1C(=O)C(=Cc2c(N3CCN(CCO)CC3)c3ccccc3n(CC)c2=O)SC1=S. The molecule has 2 aliphatic heterocycles. The van der Waals surface area contributed by atoms with Gasteiger partial charge in [0.2, 0.25) is 0 Å². The summed E-state index contributed by atoms with van der Waals surface area (Å²) in [6.45, 7) is 9.01. The van der Waals surface area contributed by atoms with Crippen LogP contribution in [-0.4, -0.2) is 75.6 Å². The monoisotopic (exact) mass is 486 g/mol. The van der Waals surface area contributed by atoms with Crippen molar-refractivity contribution in [1.82, 2.24) is 14.4 Å². The molecule has 176 valence electrons. The number of aromatic nitrogens is 1. The molecule has 2 saturated heterocycles. The highest BCUT2D eigenvalue weighted by Crippen LogP contribution is 2.36. The Hall–Kier alpha value is -2.20. The highest BCUT2D eigenvalue weighted by Gasteiger charge is 2.32. The molecule has 1 amide bonds. The summed E-state index contributed by atoms with van der Waals surface area (Å²) in [7, 11) is 0. The number of pyridine rings is 1. The van der Waals surface area contributed by atoms with E-state index in [2.05, 4.69) is 15.9 Å². The molecule has 1 aromatic carbocycles. The maximum Gasteiger partial charge on any atom is 0.266 e. The zero-order valence-electron chi connectivity index (χ0n) is 19.1. The van der Waals surface area contributed by atoms with Crippen LogP contribution in [0.25, 0.3) is 17.0 Å². The van der Waals surface area contributed by atoms with Gasteiger partial charge in [-0.1, -0.05) is 49.1 Å². The number of aliphatic hydroxyl groups excluding tert-OH is 1. The van der Waals surface area contributed by atoms with Gasteiger partial charge in [0, 0.05) is 51.2 Å². The van der Waals surface area contributed by atoms with Crippen LogP contribution in [-0.2, 0) is 11.3 Å². The molecule has 2 aromatic rings. The number of nitrogens with zero attached hydrogens (tertiary/aromatic N) is 4. The first-order valence-electron chi connectivity index (χ1n) is 11.5. The van der Waals surface area contributed by atoms with Crippen LogP contribution in [0.15, 0.2) is 34.0 Å². The molecule has 0 saturated carbocycles. The second kappa shape index (κ2) is 10.4. The number of thioether (sulfide) groups is 1. The number of benzene rings is 1. The van der Waals surface area contributed by atoms with Gasteiger partial charge in [-0.15, -0.1) is 0 Å². The second-order valence-corrected chi connectivity index (χ2v) is 9.89. The highest BCUT2D eigenvalue weighted by molar-refractivity contribution is 8.26. The third-order valence-electron chi connectivity index (χ3n) is 6.20. The topological polar surface area (TPSA) is 69.0 Å². The van der Waals surface area contributed by atoms with Crippen molar-refractivity contribution in [2.75, 3.05) is 50.8 Å². The maximum atomic E-state index is 13.7. The number of piperazine rings is 1. The molecule has 0 spiro atoms. The molecule has 1 N–H and O–H groups in total. The number of hydrogen-bond donors (Lipinski definition) is 1. The molecule has 3 heterocycles. The number of aliphatic hydroxyl groups is 1. The van der Waals surface area contributed by atoms with Gasteiger partial charge >= 0.3 is 0 Å². The van der Waals surface area contributed by atoms with Gasteiger partial charge in [-0.25, -0.2) is 0 Å². The van der Waals surface area contributed by atoms with Gasteiger partial charge in [0.1, 0.15) is 4.32 Å². The molecular formula is C24H30N4O3S2. The largest absolute Gasteiger partial charge is 0.395 e. The predicted molar refractivity (Wildman–Crippen MR) is 140 cm³/mol. The molecular weight excluding hydrogens is 456 g/mol. The van der Waals surface area contributed by atoms with Crippen molar-refractivity contribution < 1.29 is 9.90 Å². The summed E-state index contributed by atoms with van der Waals surface area (Å²) in [6, 6.07) is 7.97. The van der Waals surface area contributed by atoms with E-state index in [1.165, 1.54) is 11.8 Å². The molecule has 1 aromatic heterocycles. The Morgan fingerprint density at radius 1 is 1.09 bits per heavy atom. The summed E-state index contributed by atoms with van der Waals surface area (Å²) in [4.78, 5) is 33.3. The molecule has 9 heteroatoms. The summed E-state index contributed by atoms with van der Waals surface area (Å²) in [6.07, 6.45) is 2.58. The lowest BCUT2D eigenvalue weighted by molar-refractivity contribution is -0.122. The quantitative estimate of drug-likeness (QED) is 0.477. The van der Waals surface area contributed by atoms with Crippen LogP contribution in [0.5, 0.6) is 0 Å². The van der Waals surface area contributed by atoms with Crippen molar-refractivity contribution in [3.05, 3.63) is 45.1 Å². The minimum Gasteiger partial charge on any atom is -0.395 e. The van der Waals surface area contributed by atoms with Gasteiger partial charge in [0.15, 0.2) is 0 Å². The summed E-state index contributed by atoms with van der Waals surface area (Å²) in [5.41, 5.74) is 2.23. The van der Waals surface area contributed by atoms with Crippen LogP contribution in [0, 0.1) is 0 Å².